The van der Waals surface area contributed by atoms with Gasteiger partial charge in [-0.2, -0.15) is 0 Å². The van der Waals surface area contributed by atoms with Crippen molar-refractivity contribution >= 4 is 40.9 Å². The second-order valence-electron chi connectivity index (χ2n) is 12.2. The Hall–Kier alpha value is -1.22. The number of cyclic esters (lactones) is 1. The van der Waals surface area contributed by atoms with Gasteiger partial charge in [-0.15, -0.1) is 11.3 Å². The molecule has 0 amide bonds. The molecule has 1 saturated carbocycles. The normalized spacial score (nSPS) is 38.1. The van der Waals surface area contributed by atoms with Gasteiger partial charge < -0.3 is 14.9 Å². The van der Waals surface area contributed by atoms with Crippen LogP contribution in [0.4, 0.5) is 0 Å². The van der Waals surface area contributed by atoms with Gasteiger partial charge in [0.25, 0.3) is 0 Å². The van der Waals surface area contributed by atoms with Crippen molar-refractivity contribution in [3.8, 4) is 0 Å². The third-order valence-corrected chi connectivity index (χ3v) is 11.3. The number of fused-ring (bicyclic) bond motifs is 1. The third-order valence-electron chi connectivity index (χ3n) is 9.39. The van der Waals surface area contributed by atoms with Crippen LogP contribution in [0.15, 0.2) is 15.3 Å². The Morgan fingerprint density at radius 3 is 2.51 bits per heavy atom. The maximum absolute atomic E-state index is 13.3. The number of Topliss-reactive ketones (excluding diaryl/α,β-unsaturated/α-hetero) is 1. The molecule has 37 heavy (non-hydrogen) atoms. The van der Waals surface area contributed by atoms with Crippen molar-refractivity contribution in [1.29, 1.82) is 0 Å². The summed E-state index contributed by atoms with van der Waals surface area (Å²) in [5, 5.41) is 23.9. The zero-order valence-corrected chi connectivity index (χ0v) is 25.2. The van der Waals surface area contributed by atoms with Crippen LogP contribution in [0.2, 0.25) is 0 Å². The largest absolute Gasteiger partial charge is 0.458 e. The number of aromatic nitrogens is 1. The zero-order valence-electron chi connectivity index (χ0n) is 23.6. The maximum atomic E-state index is 13.3. The number of thiazole rings is 1. The van der Waals surface area contributed by atoms with E-state index in [0.29, 0.717) is 11.8 Å². The van der Waals surface area contributed by atoms with Crippen molar-refractivity contribution in [3.63, 3.8) is 0 Å². The summed E-state index contributed by atoms with van der Waals surface area (Å²) in [6, 6.07) is 0. The SMILES string of the molecule is CSc1nc(/C=C(\C)[C@@H]2C[C@@H]3[C@H](C)[C@]3(C)CCC[C@H](C)[C@H](O)[C@@H](C)C(=O)C(C)(C)[C@@H](O)CC(=O)O2)cs1. The lowest BCUT2D eigenvalue weighted by Gasteiger charge is -2.34. The first-order chi connectivity index (χ1) is 17.2. The Morgan fingerprint density at radius 2 is 1.89 bits per heavy atom. The van der Waals surface area contributed by atoms with Crippen LogP contribution >= 0.6 is 23.1 Å². The van der Waals surface area contributed by atoms with Gasteiger partial charge in [0.1, 0.15) is 16.2 Å². The van der Waals surface area contributed by atoms with E-state index in [0.717, 1.165) is 41.3 Å². The van der Waals surface area contributed by atoms with Crippen LogP contribution in [0, 0.1) is 34.5 Å². The maximum Gasteiger partial charge on any atom is 0.309 e. The van der Waals surface area contributed by atoms with E-state index in [1.807, 2.05) is 31.6 Å². The van der Waals surface area contributed by atoms with Gasteiger partial charge in [0, 0.05) is 11.3 Å². The van der Waals surface area contributed by atoms with Gasteiger partial charge in [-0.1, -0.05) is 59.7 Å². The van der Waals surface area contributed by atoms with Crippen molar-refractivity contribution < 1.29 is 24.5 Å². The standard InChI is InChI=1S/C29H45NO5S2/c1-16-10-9-11-29(7)19(4)21(29)13-22(17(2)12-20-15-37-27(30-20)36-8)35-24(32)14-23(31)28(5,6)26(34)18(3)25(16)33/h12,15-16,18-19,21-23,25,31,33H,9-11,13-14H2,1-8H3/b17-12+/t16-,18+,19-,21+,22-,23-,25-,29-/m0/s1. The molecule has 3 rings (SSSR count). The topological polar surface area (TPSA) is 96.7 Å². The average Bonchev–Trinajstić information content (AvgIpc) is 3.14. The Bertz CT molecular complexity index is 1000. The number of rotatable bonds is 3. The predicted octanol–water partition coefficient (Wildman–Crippen LogP) is 6.01. The van der Waals surface area contributed by atoms with Crippen LogP contribution in [0.25, 0.3) is 6.08 Å². The fourth-order valence-electron chi connectivity index (χ4n) is 6.10. The highest BCUT2D eigenvalue weighted by atomic mass is 32.2. The molecule has 2 fully saturated rings. The van der Waals surface area contributed by atoms with Crippen molar-refractivity contribution in [2.24, 2.45) is 34.5 Å². The number of aliphatic hydroxyl groups excluding tert-OH is 2. The molecule has 0 bridgehead atoms. The van der Waals surface area contributed by atoms with Gasteiger partial charge in [-0.25, -0.2) is 4.98 Å². The van der Waals surface area contributed by atoms with E-state index in [-0.39, 0.29) is 23.5 Å². The molecular formula is C29H45NO5S2. The van der Waals surface area contributed by atoms with Crippen LogP contribution in [0.1, 0.15) is 86.3 Å². The van der Waals surface area contributed by atoms with Crippen LogP contribution in [0.5, 0.6) is 0 Å². The van der Waals surface area contributed by atoms with Gasteiger partial charge in [0.05, 0.1) is 29.7 Å². The summed E-state index contributed by atoms with van der Waals surface area (Å²) in [5.74, 6) is -0.483. The number of ether oxygens (including phenoxy) is 1. The van der Waals surface area contributed by atoms with Crippen molar-refractivity contribution in [1.82, 2.24) is 4.98 Å². The third kappa shape index (κ3) is 6.68. The van der Waals surface area contributed by atoms with E-state index in [9.17, 15) is 19.8 Å². The summed E-state index contributed by atoms with van der Waals surface area (Å²) in [6.45, 7) is 13.6. The number of carbonyl (C=O) groups is 2. The van der Waals surface area contributed by atoms with Crippen LogP contribution in [0.3, 0.4) is 0 Å². The van der Waals surface area contributed by atoms with Crippen molar-refractivity contribution in [3.05, 3.63) is 16.6 Å². The van der Waals surface area contributed by atoms with E-state index in [1.165, 1.54) is 0 Å². The number of hydrogen-bond acceptors (Lipinski definition) is 8. The molecule has 1 aromatic heterocycles. The quantitative estimate of drug-likeness (QED) is 0.351. The van der Waals surface area contributed by atoms with E-state index in [2.05, 4.69) is 18.8 Å². The highest BCUT2D eigenvalue weighted by Crippen LogP contribution is 2.63. The van der Waals surface area contributed by atoms with Gasteiger partial charge in [-0.05, 0) is 67.3 Å². The molecule has 0 spiro atoms. The monoisotopic (exact) mass is 551 g/mol. The van der Waals surface area contributed by atoms with E-state index in [1.54, 1.807) is 43.9 Å². The molecule has 1 saturated heterocycles. The van der Waals surface area contributed by atoms with E-state index >= 15 is 0 Å². The smallest absolute Gasteiger partial charge is 0.309 e. The highest BCUT2D eigenvalue weighted by Gasteiger charge is 2.58. The van der Waals surface area contributed by atoms with Gasteiger partial charge in [0.2, 0.25) is 0 Å². The van der Waals surface area contributed by atoms with Crippen LogP contribution in [-0.4, -0.2) is 51.5 Å². The molecule has 1 aromatic rings. The number of carbonyl (C=O) groups excluding carboxylic acids is 2. The summed E-state index contributed by atoms with van der Waals surface area (Å²) in [4.78, 5) is 31.0. The first-order valence-electron chi connectivity index (χ1n) is 13.5. The lowest BCUT2D eigenvalue weighted by Crippen LogP contribution is -2.45. The molecule has 0 unspecified atom stereocenters. The van der Waals surface area contributed by atoms with E-state index in [4.69, 9.17) is 4.74 Å². The summed E-state index contributed by atoms with van der Waals surface area (Å²) in [6.07, 6.45) is 4.88. The second-order valence-corrected chi connectivity index (χ2v) is 14.1. The summed E-state index contributed by atoms with van der Waals surface area (Å²) < 4.78 is 7.00. The molecule has 2 aliphatic rings. The summed E-state index contributed by atoms with van der Waals surface area (Å²) >= 11 is 3.20. The summed E-state index contributed by atoms with van der Waals surface area (Å²) in [7, 11) is 0. The Labute approximate surface area is 230 Å². The zero-order chi connectivity index (χ0) is 27.7. The molecule has 0 radical (unpaired) electrons. The number of thioether (sulfide) groups is 1. The Morgan fingerprint density at radius 1 is 1.22 bits per heavy atom. The molecule has 0 aromatic carbocycles. The minimum atomic E-state index is -1.21. The van der Waals surface area contributed by atoms with Crippen molar-refractivity contribution in [2.75, 3.05) is 6.26 Å². The first kappa shape index (κ1) is 30.3. The van der Waals surface area contributed by atoms with E-state index < -0.39 is 35.6 Å². The number of aliphatic hydroxyl groups is 2. The molecule has 1 aliphatic heterocycles. The van der Waals surface area contributed by atoms with Crippen LogP contribution < -0.4 is 0 Å². The molecule has 6 nitrogen and oxygen atoms in total. The number of esters is 1. The number of nitrogens with zero attached hydrogens (tertiary/aromatic N) is 1. The van der Waals surface area contributed by atoms with Gasteiger partial charge in [0.15, 0.2) is 0 Å². The first-order valence-corrected chi connectivity index (χ1v) is 15.6. The predicted molar refractivity (Wildman–Crippen MR) is 150 cm³/mol. The number of ketones is 1. The van der Waals surface area contributed by atoms with Crippen molar-refractivity contribution in [2.45, 2.75) is 103 Å². The van der Waals surface area contributed by atoms with Gasteiger partial charge in [-0.3, -0.25) is 9.59 Å². The Kier molecular flexibility index (Phi) is 9.74. The molecule has 8 heteroatoms. The molecule has 8 atom stereocenters. The molecule has 208 valence electrons. The van der Waals surface area contributed by atoms with Crippen LogP contribution in [-0.2, 0) is 14.3 Å². The lowest BCUT2D eigenvalue weighted by atomic mass is 9.73. The van der Waals surface area contributed by atoms with Gasteiger partial charge >= 0.3 is 5.97 Å². The Balaban J connectivity index is 1.89. The molecule has 2 heterocycles. The fourth-order valence-corrected chi connectivity index (χ4v) is 7.33. The molecule has 2 N–H and O–H groups in total. The fraction of sp³-hybridized carbons (Fsp3) is 0.759. The summed E-state index contributed by atoms with van der Waals surface area (Å²) in [5.41, 5.74) is 0.760. The molecular weight excluding hydrogens is 506 g/mol. The average molecular weight is 552 g/mol. The highest BCUT2D eigenvalue weighted by molar-refractivity contribution is 8.00. The lowest BCUT2D eigenvalue weighted by molar-refractivity contribution is -0.154. The minimum Gasteiger partial charge on any atom is -0.458 e. The number of hydrogen-bond donors (Lipinski definition) is 2. The second kappa shape index (κ2) is 11.9. The minimum absolute atomic E-state index is 0.0249. The molecule has 1 aliphatic carbocycles.